The summed E-state index contributed by atoms with van der Waals surface area (Å²) in [6.07, 6.45) is 4.05. The van der Waals surface area contributed by atoms with Gasteiger partial charge in [-0.1, -0.05) is 0 Å². The largest absolute Gasteiger partial charge is 0.298 e. The molecule has 0 N–H and O–H groups in total. The minimum absolute atomic E-state index is 0.607. The van der Waals surface area contributed by atoms with Gasteiger partial charge in [0.2, 0.25) is 5.13 Å². The van der Waals surface area contributed by atoms with Gasteiger partial charge in [0.25, 0.3) is 0 Å². The van der Waals surface area contributed by atoms with Gasteiger partial charge in [0.05, 0.1) is 17.5 Å². The fourth-order valence-electron chi connectivity index (χ4n) is 1.05. The molecule has 0 aliphatic rings. The zero-order chi connectivity index (χ0) is 9.26. The Bertz CT molecular complexity index is 419. The minimum Gasteiger partial charge on any atom is -0.298 e. The maximum absolute atomic E-state index is 10.5. The van der Waals surface area contributed by atoms with Crippen LogP contribution in [0, 0.1) is 6.92 Å². The van der Waals surface area contributed by atoms with E-state index in [1.54, 1.807) is 17.1 Å². The zero-order valence-electron chi connectivity index (χ0n) is 6.97. The van der Waals surface area contributed by atoms with Crippen LogP contribution in [0.1, 0.15) is 16.1 Å². The number of aromatic nitrogens is 3. The van der Waals surface area contributed by atoms with Crippen LogP contribution in [0.3, 0.4) is 0 Å². The highest BCUT2D eigenvalue weighted by atomic mass is 32.1. The molecule has 66 valence electrons. The van der Waals surface area contributed by atoms with Gasteiger partial charge in [-0.05, 0) is 6.92 Å². The normalized spacial score (nSPS) is 10.2. The third-order valence-corrected chi connectivity index (χ3v) is 2.52. The molecule has 2 heterocycles. The maximum atomic E-state index is 10.5. The maximum Gasteiger partial charge on any atom is 0.210 e. The quantitative estimate of drug-likeness (QED) is 0.678. The predicted octanol–water partition coefficient (Wildman–Crippen LogP) is 1.45. The van der Waals surface area contributed by atoms with E-state index in [2.05, 4.69) is 10.1 Å². The van der Waals surface area contributed by atoms with Gasteiger partial charge in [-0.3, -0.25) is 4.79 Å². The minimum atomic E-state index is 0.607. The van der Waals surface area contributed by atoms with Gasteiger partial charge in [0.15, 0.2) is 6.29 Å². The third-order valence-electron chi connectivity index (χ3n) is 1.78. The molecule has 5 heteroatoms. The monoisotopic (exact) mass is 193 g/mol. The van der Waals surface area contributed by atoms with Crippen molar-refractivity contribution in [2.24, 2.45) is 0 Å². The van der Waals surface area contributed by atoms with Crippen LogP contribution >= 0.6 is 11.3 Å². The van der Waals surface area contributed by atoms with Crippen molar-refractivity contribution in [2.75, 3.05) is 0 Å². The molecule has 0 radical (unpaired) electrons. The summed E-state index contributed by atoms with van der Waals surface area (Å²) in [4.78, 5) is 14.6. The number of aldehydes is 1. The molecule has 2 rings (SSSR count). The summed E-state index contributed by atoms with van der Waals surface area (Å²) in [5.74, 6) is 0. The van der Waals surface area contributed by atoms with Crippen LogP contribution < -0.4 is 0 Å². The van der Waals surface area contributed by atoms with E-state index >= 15 is 0 Å². The van der Waals surface area contributed by atoms with Crippen LogP contribution in [0.25, 0.3) is 5.13 Å². The topological polar surface area (TPSA) is 47.8 Å². The Kier molecular flexibility index (Phi) is 1.94. The van der Waals surface area contributed by atoms with Crippen molar-refractivity contribution in [3.8, 4) is 5.13 Å². The van der Waals surface area contributed by atoms with Crippen LogP contribution in [-0.2, 0) is 0 Å². The van der Waals surface area contributed by atoms with Gasteiger partial charge in [-0.2, -0.15) is 5.10 Å². The molecular weight excluding hydrogens is 186 g/mol. The molecule has 2 aromatic heterocycles. The molecule has 0 fully saturated rings. The van der Waals surface area contributed by atoms with E-state index in [0.29, 0.717) is 5.56 Å². The Morgan fingerprint density at radius 3 is 3.00 bits per heavy atom. The Labute approximate surface area is 78.8 Å². The second-order valence-electron chi connectivity index (χ2n) is 2.53. The van der Waals surface area contributed by atoms with Gasteiger partial charge in [-0.15, -0.1) is 11.3 Å². The first-order chi connectivity index (χ1) is 6.33. The average molecular weight is 193 g/mol. The summed E-state index contributed by atoms with van der Waals surface area (Å²) in [6.45, 7) is 1.85. The standard InChI is InChI=1S/C8H7N3OS/c1-6-7(5-12)4-10-11(6)8-9-2-3-13-8/h2-5H,1H3. The molecule has 0 atom stereocenters. The van der Waals surface area contributed by atoms with Crippen LogP contribution in [0.5, 0.6) is 0 Å². The van der Waals surface area contributed by atoms with E-state index in [1.165, 1.54) is 11.3 Å². The molecule has 2 aromatic rings. The van der Waals surface area contributed by atoms with E-state index in [9.17, 15) is 4.79 Å². The number of carbonyl (C=O) groups excluding carboxylic acids is 1. The Morgan fingerprint density at radius 1 is 1.62 bits per heavy atom. The van der Waals surface area contributed by atoms with Gasteiger partial charge in [0.1, 0.15) is 0 Å². The molecule has 0 unspecified atom stereocenters. The van der Waals surface area contributed by atoms with Gasteiger partial charge < -0.3 is 0 Å². The number of hydrogen-bond donors (Lipinski definition) is 0. The fourth-order valence-corrected chi connectivity index (χ4v) is 1.70. The lowest BCUT2D eigenvalue weighted by atomic mass is 10.3. The highest BCUT2D eigenvalue weighted by Gasteiger charge is 2.07. The highest BCUT2D eigenvalue weighted by molar-refractivity contribution is 7.12. The van der Waals surface area contributed by atoms with Crippen LogP contribution in [-0.4, -0.2) is 21.1 Å². The molecule has 0 saturated carbocycles. The van der Waals surface area contributed by atoms with Crippen LogP contribution in [0.4, 0.5) is 0 Å². The molecule has 0 aliphatic heterocycles. The van der Waals surface area contributed by atoms with Crippen molar-refractivity contribution in [3.63, 3.8) is 0 Å². The number of carbonyl (C=O) groups is 1. The first-order valence-electron chi connectivity index (χ1n) is 3.72. The summed E-state index contributed by atoms with van der Waals surface area (Å²) in [5.41, 5.74) is 1.43. The second kappa shape index (κ2) is 3.10. The zero-order valence-corrected chi connectivity index (χ0v) is 7.78. The van der Waals surface area contributed by atoms with Gasteiger partial charge in [0, 0.05) is 11.6 Å². The number of hydrogen-bond acceptors (Lipinski definition) is 4. The fraction of sp³-hybridized carbons (Fsp3) is 0.125. The Morgan fingerprint density at radius 2 is 2.46 bits per heavy atom. The molecule has 0 spiro atoms. The lowest BCUT2D eigenvalue weighted by Gasteiger charge is -1.97. The summed E-state index contributed by atoms with van der Waals surface area (Å²) in [5, 5.41) is 6.72. The van der Waals surface area contributed by atoms with Crippen molar-refractivity contribution < 1.29 is 4.79 Å². The lowest BCUT2D eigenvalue weighted by Crippen LogP contribution is -1.98. The summed E-state index contributed by atoms with van der Waals surface area (Å²) in [7, 11) is 0. The van der Waals surface area contributed by atoms with Crippen molar-refractivity contribution in [1.29, 1.82) is 0 Å². The molecule has 0 amide bonds. The lowest BCUT2D eigenvalue weighted by molar-refractivity contribution is 0.112. The molecule has 13 heavy (non-hydrogen) atoms. The van der Waals surface area contributed by atoms with Crippen molar-refractivity contribution >= 4 is 17.6 Å². The summed E-state index contributed by atoms with van der Waals surface area (Å²) < 4.78 is 1.66. The second-order valence-corrected chi connectivity index (χ2v) is 3.40. The molecule has 0 saturated heterocycles. The number of nitrogens with zero attached hydrogens (tertiary/aromatic N) is 3. The summed E-state index contributed by atoms with van der Waals surface area (Å²) in [6, 6.07) is 0. The van der Waals surface area contributed by atoms with Gasteiger partial charge in [-0.25, -0.2) is 9.67 Å². The Hall–Kier alpha value is -1.49. The van der Waals surface area contributed by atoms with E-state index < -0.39 is 0 Å². The van der Waals surface area contributed by atoms with Crippen molar-refractivity contribution in [1.82, 2.24) is 14.8 Å². The highest BCUT2D eigenvalue weighted by Crippen LogP contribution is 2.14. The number of thiazole rings is 1. The Balaban J connectivity index is 2.53. The van der Waals surface area contributed by atoms with Crippen molar-refractivity contribution in [2.45, 2.75) is 6.92 Å². The van der Waals surface area contributed by atoms with Crippen LogP contribution in [0.2, 0.25) is 0 Å². The van der Waals surface area contributed by atoms with E-state index in [4.69, 9.17) is 0 Å². The van der Waals surface area contributed by atoms with Crippen LogP contribution in [0.15, 0.2) is 17.8 Å². The van der Waals surface area contributed by atoms with Crippen molar-refractivity contribution in [3.05, 3.63) is 29.0 Å². The first kappa shape index (κ1) is 8.12. The van der Waals surface area contributed by atoms with E-state index in [-0.39, 0.29) is 0 Å². The first-order valence-corrected chi connectivity index (χ1v) is 4.60. The molecule has 0 aromatic carbocycles. The molecule has 0 bridgehead atoms. The molecular formula is C8H7N3OS. The molecule has 4 nitrogen and oxygen atoms in total. The third kappa shape index (κ3) is 1.27. The number of rotatable bonds is 2. The SMILES string of the molecule is Cc1c(C=O)cnn1-c1nccs1. The average Bonchev–Trinajstić information content (AvgIpc) is 2.72. The van der Waals surface area contributed by atoms with Gasteiger partial charge >= 0.3 is 0 Å². The smallest absolute Gasteiger partial charge is 0.210 e. The molecule has 0 aliphatic carbocycles. The summed E-state index contributed by atoms with van der Waals surface area (Å²) >= 11 is 1.49. The predicted molar refractivity (Wildman–Crippen MR) is 49.4 cm³/mol. The van der Waals surface area contributed by atoms with E-state index in [1.807, 2.05) is 12.3 Å². The van der Waals surface area contributed by atoms with E-state index in [0.717, 1.165) is 17.1 Å².